The Bertz CT molecular complexity index is 726. The Hall–Kier alpha value is -2.14. The van der Waals surface area contributed by atoms with Crippen molar-refractivity contribution < 1.29 is 9.59 Å². The average Bonchev–Trinajstić information content (AvgIpc) is 2.99. The molecule has 0 saturated heterocycles. The van der Waals surface area contributed by atoms with Crippen molar-refractivity contribution in [2.75, 3.05) is 5.32 Å². The van der Waals surface area contributed by atoms with Gasteiger partial charge in [0.2, 0.25) is 0 Å². The molecule has 0 aliphatic rings. The first-order valence-electron chi connectivity index (χ1n) is 8.33. The van der Waals surface area contributed by atoms with Gasteiger partial charge in [-0.15, -0.1) is 11.3 Å². The van der Waals surface area contributed by atoms with E-state index in [0.717, 1.165) is 6.42 Å². The van der Waals surface area contributed by atoms with Gasteiger partial charge in [0, 0.05) is 16.8 Å². The molecule has 25 heavy (non-hydrogen) atoms. The van der Waals surface area contributed by atoms with Crippen LogP contribution < -0.4 is 10.6 Å². The zero-order valence-corrected chi connectivity index (χ0v) is 16.3. The lowest BCUT2D eigenvalue weighted by Gasteiger charge is -2.33. The number of hydrogen-bond donors (Lipinski definition) is 2. The van der Waals surface area contributed by atoms with E-state index in [1.54, 1.807) is 30.3 Å². The van der Waals surface area contributed by atoms with Crippen molar-refractivity contribution in [2.24, 2.45) is 5.41 Å². The van der Waals surface area contributed by atoms with Crippen LogP contribution in [0.1, 0.15) is 61.1 Å². The lowest BCUT2D eigenvalue weighted by Crippen LogP contribution is -2.45. The van der Waals surface area contributed by atoms with E-state index < -0.39 is 0 Å². The van der Waals surface area contributed by atoms with Crippen molar-refractivity contribution in [1.82, 2.24) is 5.32 Å². The highest BCUT2D eigenvalue weighted by Crippen LogP contribution is 2.27. The van der Waals surface area contributed by atoms with Crippen molar-refractivity contribution in [3.05, 3.63) is 52.2 Å². The average molecular weight is 359 g/mol. The van der Waals surface area contributed by atoms with Crippen molar-refractivity contribution >= 4 is 28.8 Å². The number of rotatable bonds is 5. The summed E-state index contributed by atoms with van der Waals surface area (Å²) in [5.41, 5.74) is 1.09. The molecule has 4 nitrogen and oxygen atoms in total. The third kappa shape index (κ3) is 6.02. The third-order valence-electron chi connectivity index (χ3n) is 3.57. The Morgan fingerprint density at radius 2 is 1.60 bits per heavy atom. The summed E-state index contributed by atoms with van der Waals surface area (Å²) in [4.78, 5) is 25.2. The summed E-state index contributed by atoms with van der Waals surface area (Å²) in [5.74, 6) is -0.246. The number of amides is 2. The highest BCUT2D eigenvalue weighted by Gasteiger charge is 2.27. The molecule has 0 aliphatic carbocycles. The fraction of sp³-hybridized carbons (Fsp3) is 0.400. The minimum absolute atomic E-state index is 0.106. The van der Waals surface area contributed by atoms with Crippen LogP contribution in [-0.4, -0.2) is 17.4 Å². The summed E-state index contributed by atoms with van der Waals surface area (Å²) in [5, 5.41) is 7.78. The fourth-order valence-electron chi connectivity index (χ4n) is 3.05. The second kappa shape index (κ2) is 7.40. The van der Waals surface area contributed by atoms with Gasteiger partial charge in [-0.25, -0.2) is 0 Å². The molecule has 0 bridgehead atoms. The number of hydrogen-bond acceptors (Lipinski definition) is 3. The number of nitrogens with one attached hydrogen (secondary N) is 2. The topological polar surface area (TPSA) is 58.2 Å². The van der Waals surface area contributed by atoms with Gasteiger partial charge in [0.15, 0.2) is 0 Å². The fourth-order valence-corrected chi connectivity index (χ4v) is 3.67. The normalized spacial score (nSPS) is 11.9. The molecule has 1 aromatic carbocycles. The largest absolute Gasteiger partial charge is 0.347 e. The predicted octanol–water partition coefficient (Wildman–Crippen LogP) is 4.95. The summed E-state index contributed by atoms with van der Waals surface area (Å²) in [6.07, 6.45) is 0.876. The Labute approximate surface area is 153 Å². The first kappa shape index (κ1) is 19.2. The molecule has 0 spiro atoms. The van der Waals surface area contributed by atoms with E-state index in [1.807, 2.05) is 25.3 Å². The SMILES string of the molecule is CC(C)(C)CC(C)(C)NC(=O)c1ccc(NC(=O)c2cccs2)cc1. The predicted molar refractivity (Wildman–Crippen MR) is 104 cm³/mol. The molecule has 0 saturated carbocycles. The molecule has 0 unspecified atom stereocenters. The summed E-state index contributed by atoms with van der Waals surface area (Å²) < 4.78 is 0. The molecule has 134 valence electrons. The third-order valence-corrected chi connectivity index (χ3v) is 4.44. The molecular weight excluding hydrogens is 332 g/mol. The highest BCUT2D eigenvalue weighted by molar-refractivity contribution is 7.12. The van der Waals surface area contributed by atoms with Crippen LogP contribution in [0.15, 0.2) is 41.8 Å². The van der Waals surface area contributed by atoms with Crippen LogP contribution in [0.3, 0.4) is 0 Å². The quantitative estimate of drug-likeness (QED) is 0.795. The van der Waals surface area contributed by atoms with Crippen molar-refractivity contribution in [2.45, 2.75) is 46.6 Å². The number of carbonyl (C=O) groups excluding carboxylic acids is 2. The zero-order chi connectivity index (χ0) is 18.7. The second-order valence-corrected chi connectivity index (χ2v) is 9.03. The maximum absolute atomic E-state index is 12.5. The number of anilines is 1. The number of benzene rings is 1. The van der Waals surface area contributed by atoms with E-state index in [9.17, 15) is 9.59 Å². The molecule has 0 fully saturated rings. The van der Waals surface area contributed by atoms with Crippen LogP contribution >= 0.6 is 11.3 Å². The second-order valence-electron chi connectivity index (χ2n) is 8.08. The molecule has 2 aromatic rings. The lowest BCUT2D eigenvalue weighted by atomic mass is 9.81. The first-order chi connectivity index (χ1) is 11.6. The van der Waals surface area contributed by atoms with Crippen LogP contribution in [0.5, 0.6) is 0 Å². The van der Waals surface area contributed by atoms with E-state index in [-0.39, 0.29) is 22.8 Å². The van der Waals surface area contributed by atoms with E-state index in [0.29, 0.717) is 16.1 Å². The molecular formula is C20H26N2O2S. The molecule has 2 amide bonds. The minimum atomic E-state index is -0.290. The summed E-state index contributed by atoms with van der Waals surface area (Å²) >= 11 is 1.39. The molecule has 5 heteroatoms. The van der Waals surface area contributed by atoms with Gasteiger partial charge < -0.3 is 10.6 Å². The van der Waals surface area contributed by atoms with Gasteiger partial charge in [-0.2, -0.15) is 0 Å². The van der Waals surface area contributed by atoms with Crippen LogP contribution in [0.2, 0.25) is 0 Å². The Balaban J connectivity index is 1.99. The minimum Gasteiger partial charge on any atom is -0.347 e. The molecule has 2 rings (SSSR count). The van der Waals surface area contributed by atoms with Crippen LogP contribution in [-0.2, 0) is 0 Å². The maximum atomic E-state index is 12.5. The molecule has 0 atom stereocenters. The van der Waals surface area contributed by atoms with Crippen LogP contribution in [0.4, 0.5) is 5.69 Å². The van der Waals surface area contributed by atoms with Crippen molar-refractivity contribution in [3.8, 4) is 0 Å². The van der Waals surface area contributed by atoms with Crippen molar-refractivity contribution in [3.63, 3.8) is 0 Å². The molecule has 1 aromatic heterocycles. The van der Waals surface area contributed by atoms with Gasteiger partial charge in [0.25, 0.3) is 11.8 Å². The molecule has 0 aliphatic heterocycles. The summed E-state index contributed by atoms with van der Waals surface area (Å²) in [7, 11) is 0. The van der Waals surface area contributed by atoms with Crippen molar-refractivity contribution in [1.29, 1.82) is 0 Å². The maximum Gasteiger partial charge on any atom is 0.265 e. The number of thiophene rings is 1. The summed E-state index contributed by atoms with van der Waals surface area (Å²) in [6.45, 7) is 10.5. The van der Waals surface area contributed by atoms with Gasteiger partial charge in [0.1, 0.15) is 0 Å². The molecule has 0 radical (unpaired) electrons. The monoisotopic (exact) mass is 358 g/mol. The molecule has 1 heterocycles. The van der Waals surface area contributed by atoms with Gasteiger partial charge in [-0.05, 0) is 61.4 Å². The Kier molecular flexibility index (Phi) is 5.68. The standard InChI is InChI=1S/C20H26N2O2S/c1-19(2,3)13-20(4,5)22-17(23)14-8-10-15(11-9-14)21-18(24)16-7-6-12-25-16/h6-12H,13H2,1-5H3,(H,21,24)(H,22,23). The van der Waals surface area contributed by atoms with Gasteiger partial charge in [-0.3, -0.25) is 9.59 Å². The van der Waals surface area contributed by atoms with E-state index in [2.05, 4.69) is 31.4 Å². The van der Waals surface area contributed by atoms with Gasteiger partial charge in [0.05, 0.1) is 4.88 Å². The van der Waals surface area contributed by atoms with E-state index >= 15 is 0 Å². The molecule has 2 N–H and O–H groups in total. The first-order valence-corrected chi connectivity index (χ1v) is 9.21. The smallest absolute Gasteiger partial charge is 0.265 e. The van der Waals surface area contributed by atoms with E-state index in [4.69, 9.17) is 0 Å². The van der Waals surface area contributed by atoms with Crippen LogP contribution in [0, 0.1) is 5.41 Å². The van der Waals surface area contributed by atoms with Gasteiger partial charge >= 0.3 is 0 Å². The summed E-state index contributed by atoms with van der Waals surface area (Å²) in [6, 6.07) is 10.6. The Morgan fingerprint density at radius 3 is 2.12 bits per heavy atom. The zero-order valence-electron chi connectivity index (χ0n) is 15.5. The van der Waals surface area contributed by atoms with Crippen LogP contribution in [0.25, 0.3) is 0 Å². The number of carbonyl (C=O) groups is 2. The van der Waals surface area contributed by atoms with Gasteiger partial charge in [-0.1, -0.05) is 26.8 Å². The lowest BCUT2D eigenvalue weighted by molar-refractivity contribution is 0.0891. The highest BCUT2D eigenvalue weighted by atomic mass is 32.1. The van der Waals surface area contributed by atoms with E-state index in [1.165, 1.54) is 11.3 Å². The Morgan fingerprint density at radius 1 is 0.960 bits per heavy atom.